The summed E-state index contributed by atoms with van der Waals surface area (Å²) in [5, 5.41) is 2.97. The number of piperazine rings is 1. The number of hydrogen-bond donors (Lipinski definition) is 1. The Morgan fingerprint density at radius 1 is 1.12 bits per heavy atom. The molecule has 1 fully saturated rings. The molecule has 0 saturated carbocycles. The van der Waals surface area contributed by atoms with Gasteiger partial charge in [-0.1, -0.05) is 0 Å². The number of rotatable bonds is 6. The van der Waals surface area contributed by atoms with Crippen LogP contribution in [0.25, 0.3) is 0 Å². The fourth-order valence-electron chi connectivity index (χ4n) is 2.72. The predicted molar refractivity (Wildman–Crippen MR) is 105 cm³/mol. The number of carbonyl (C=O) groups excluding carboxylic acids is 2. The molecule has 0 spiro atoms. The van der Waals surface area contributed by atoms with Crippen molar-refractivity contribution in [1.82, 2.24) is 15.1 Å². The fraction of sp³-hybridized carbons (Fsp3) is 0.579. The van der Waals surface area contributed by atoms with Gasteiger partial charge in [0.15, 0.2) is 0 Å². The van der Waals surface area contributed by atoms with Crippen LogP contribution in [0.5, 0.6) is 5.75 Å². The molecule has 0 radical (unpaired) electrons. The highest BCUT2D eigenvalue weighted by Gasteiger charge is 2.23. The highest BCUT2D eigenvalue weighted by Crippen LogP contribution is 2.21. The van der Waals surface area contributed by atoms with Crippen LogP contribution in [0.4, 0.5) is 0 Å². The zero-order valence-electron chi connectivity index (χ0n) is 16.1. The Kier molecular flexibility index (Phi) is 7.34. The van der Waals surface area contributed by atoms with Gasteiger partial charge in [-0.15, -0.1) is 11.8 Å². The summed E-state index contributed by atoms with van der Waals surface area (Å²) in [6, 6.07) is 7.72. The van der Waals surface area contributed by atoms with E-state index in [4.69, 9.17) is 4.74 Å². The molecule has 144 valence electrons. The van der Waals surface area contributed by atoms with E-state index in [2.05, 4.69) is 10.2 Å². The first-order valence-electron chi connectivity index (χ1n) is 8.85. The Labute approximate surface area is 160 Å². The molecule has 2 amide bonds. The van der Waals surface area contributed by atoms with Crippen LogP contribution < -0.4 is 10.1 Å². The zero-order valence-corrected chi connectivity index (χ0v) is 16.9. The lowest BCUT2D eigenvalue weighted by Crippen LogP contribution is -2.53. The van der Waals surface area contributed by atoms with Crippen LogP contribution >= 0.6 is 11.8 Å². The first-order chi connectivity index (χ1) is 12.3. The molecule has 26 heavy (non-hydrogen) atoms. The van der Waals surface area contributed by atoms with Crippen molar-refractivity contribution in [2.45, 2.75) is 31.2 Å². The summed E-state index contributed by atoms with van der Waals surface area (Å²) in [6.45, 7) is 9.12. The number of methoxy groups -OCH3 is 1. The summed E-state index contributed by atoms with van der Waals surface area (Å²) < 4.78 is 5.14. The van der Waals surface area contributed by atoms with E-state index < -0.39 is 0 Å². The Balaban J connectivity index is 1.71. The molecule has 1 aromatic rings. The lowest BCUT2D eigenvalue weighted by molar-refractivity contribution is -0.130. The fourth-order valence-corrected chi connectivity index (χ4v) is 3.53. The molecule has 1 heterocycles. The third-order valence-electron chi connectivity index (χ3n) is 4.03. The van der Waals surface area contributed by atoms with Gasteiger partial charge in [0.25, 0.3) is 0 Å². The van der Waals surface area contributed by atoms with Gasteiger partial charge in [-0.05, 0) is 45.0 Å². The smallest absolute Gasteiger partial charge is 0.234 e. The first kappa shape index (κ1) is 20.6. The highest BCUT2D eigenvalue weighted by atomic mass is 32.2. The number of nitrogens with zero attached hydrogens (tertiary/aromatic N) is 2. The van der Waals surface area contributed by atoms with Crippen LogP contribution in [0.1, 0.15) is 20.8 Å². The van der Waals surface area contributed by atoms with Crippen LogP contribution in [0.15, 0.2) is 29.2 Å². The van der Waals surface area contributed by atoms with Crippen molar-refractivity contribution >= 4 is 23.6 Å². The largest absolute Gasteiger partial charge is 0.497 e. The minimum atomic E-state index is -0.215. The second kappa shape index (κ2) is 9.28. The van der Waals surface area contributed by atoms with Gasteiger partial charge < -0.3 is 15.0 Å². The molecule has 7 heteroatoms. The summed E-state index contributed by atoms with van der Waals surface area (Å²) >= 11 is 1.53. The van der Waals surface area contributed by atoms with E-state index >= 15 is 0 Å². The van der Waals surface area contributed by atoms with E-state index in [-0.39, 0.29) is 17.4 Å². The molecule has 2 rings (SSSR count). The number of benzene rings is 1. The molecule has 1 aromatic carbocycles. The Morgan fingerprint density at radius 3 is 2.27 bits per heavy atom. The van der Waals surface area contributed by atoms with Crippen LogP contribution in [-0.4, -0.2) is 72.7 Å². The van der Waals surface area contributed by atoms with Crippen molar-refractivity contribution in [3.8, 4) is 5.75 Å². The lowest BCUT2D eigenvalue weighted by atomic mass is 10.1. The van der Waals surface area contributed by atoms with Crippen molar-refractivity contribution in [1.29, 1.82) is 0 Å². The van der Waals surface area contributed by atoms with Crippen molar-refractivity contribution in [3.05, 3.63) is 24.3 Å². The van der Waals surface area contributed by atoms with Crippen molar-refractivity contribution in [2.75, 3.05) is 45.6 Å². The van der Waals surface area contributed by atoms with Gasteiger partial charge in [0.2, 0.25) is 11.8 Å². The number of carbonyl (C=O) groups is 2. The maximum absolute atomic E-state index is 12.4. The average molecular weight is 380 g/mol. The molecule has 1 aliphatic rings. The Bertz CT molecular complexity index is 605. The van der Waals surface area contributed by atoms with Crippen molar-refractivity contribution in [2.24, 2.45) is 0 Å². The molecule has 0 aromatic heterocycles. The minimum Gasteiger partial charge on any atom is -0.497 e. The molecule has 0 aliphatic carbocycles. The number of amides is 2. The molecule has 1 saturated heterocycles. The second-order valence-electron chi connectivity index (χ2n) is 7.42. The SMILES string of the molecule is COc1ccc(SCC(=O)N2CCN(CC(=O)NC(C)(C)C)CC2)cc1. The normalized spacial score (nSPS) is 15.6. The highest BCUT2D eigenvalue weighted by molar-refractivity contribution is 8.00. The topological polar surface area (TPSA) is 61.9 Å². The lowest BCUT2D eigenvalue weighted by Gasteiger charge is -2.34. The third kappa shape index (κ3) is 6.88. The van der Waals surface area contributed by atoms with Gasteiger partial charge in [-0.25, -0.2) is 0 Å². The molecular formula is C19H29N3O3S. The van der Waals surface area contributed by atoms with Crippen molar-refractivity contribution < 1.29 is 14.3 Å². The maximum Gasteiger partial charge on any atom is 0.234 e. The van der Waals surface area contributed by atoms with Gasteiger partial charge in [-0.2, -0.15) is 0 Å². The maximum atomic E-state index is 12.4. The van der Waals surface area contributed by atoms with E-state index in [1.807, 2.05) is 49.9 Å². The first-order valence-corrected chi connectivity index (χ1v) is 9.83. The van der Waals surface area contributed by atoms with E-state index in [1.54, 1.807) is 7.11 Å². The summed E-state index contributed by atoms with van der Waals surface area (Å²) in [6.07, 6.45) is 0. The minimum absolute atomic E-state index is 0.0346. The third-order valence-corrected chi connectivity index (χ3v) is 5.03. The Morgan fingerprint density at radius 2 is 1.73 bits per heavy atom. The van der Waals surface area contributed by atoms with Crippen molar-refractivity contribution in [3.63, 3.8) is 0 Å². The van der Waals surface area contributed by atoms with Crippen LogP contribution in [-0.2, 0) is 9.59 Å². The summed E-state index contributed by atoms with van der Waals surface area (Å²) in [4.78, 5) is 29.4. The molecule has 1 N–H and O–H groups in total. The molecule has 6 nitrogen and oxygen atoms in total. The molecule has 0 bridgehead atoms. The van der Waals surface area contributed by atoms with E-state index in [0.717, 1.165) is 23.7 Å². The van der Waals surface area contributed by atoms with Gasteiger partial charge in [0.05, 0.1) is 19.4 Å². The van der Waals surface area contributed by atoms with Gasteiger partial charge in [0.1, 0.15) is 5.75 Å². The van der Waals surface area contributed by atoms with Crippen LogP contribution in [0.3, 0.4) is 0 Å². The van der Waals surface area contributed by atoms with Crippen LogP contribution in [0.2, 0.25) is 0 Å². The summed E-state index contributed by atoms with van der Waals surface area (Å²) in [5.41, 5.74) is -0.215. The Hall–Kier alpha value is -1.73. The van der Waals surface area contributed by atoms with Crippen LogP contribution in [0, 0.1) is 0 Å². The monoisotopic (exact) mass is 379 g/mol. The standard InChI is InChI=1S/C19H29N3O3S/c1-19(2,3)20-17(23)13-21-9-11-22(12-10-21)18(24)14-26-16-7-5-15(25-4)6-8-16/h5-8H,9-14H2,1-4H3,(H,20,23). The molecule has 1 aliphatic heterocycles. The molecule has 0 atom stereocenters. The van der Waals surface area contributed by atoms with Gasteiger partial charge in [-0.3, -0.25) is 14.5 Å². The molecule has 0 unspecified atom stereocenters. The zero-order chi connectivity index (χ0) is 19.2. The van der Waals surface area contributed by atoms with E-state index in [9.17, 15) is 9.59 Å². The average Bonchev–Trinajstić information content (AvgIpc) is 2.59. The predicted octanol–water partition coefficient (Wildman–Crippen LogP) is 1.85. The molecular weight excluding hydrogens is 350 g/mol. The number of thioether (sulfide) groups is 1. The summed E-state index contributed by atoms with van der Waals surface area (Å²) in [7, 11) is 1.64. The van der Waals surface area contributed by atoms with Gasteiger partial charge >= 0.3 is 0 Å². The number of ether oxygens (including phenoxy) is 1. The van der Waals surface area contributed by atoms with E-state index in [0.29, 0.717) is 25.4 Å². The van der Waals surface area contributed by atoms with Gasteiger partial charge in [0, 0.05) is 36.6 Å². The number of nitrogens with one attached hydrogen (secondary N) is 1. The summed E-state index contributed by atoms with van der Waals surface area (Å²) in [5.74, 6) is 1.42. The second-order valence-corrected chi connectivity index (χ2v) is 8.47. The quantitative estimate of drug-likeness (QED) is 0.765. The number of hydrogen-bond acceptors (Lipinski definition) is 5. The van der Waals surface area contributed by atoms with E-state index in [1.165, 1.54) is 11.8 Å².